The third kappa shape index (κ3) is 3.30. The lowest BCUT2D eigenvalue weighted by atomic mass is 10.1. The van der Waals surface area contributed by atoms with Crippen LogP contribution in [0.15, 0.2) is 12.4 Å². The molecule has 1 heterocycles. The van der Waals surface area contributed by atoms with E-state index in [9.17, 15) is 0 Å². The predicted octanol–water partition coefficient (Wildman–Crippen LogP) is 1.45. The molecule has 0 aliphatic heterocycles. The fourth-order valence-corrected chi connectivity index (χ4v) is 2.02. The van der Waals surface area contributed by atoms with Crippen LogP contribution in [0, 0.1) is 5.92 Å². The summed E-state index contributed by atoms with van der Waals surface area (Å²) in [7, 11) is 0. The third-order valence-electron chi connectivity index (χ3n) is 3.07. The normalized spacial score (nSPS) is 17.9. The quantitative estimate of drug-likeness (QED) is 0.690. The van der Waals surface area contributed by atoms with Gasteiger partial charge >= 0.3 is 0 Å². The van der Waals surface area contributed by atoms with Crippen molar-refractivity contribution in [1.29, 1.82) is 0 Å². The Hall–Kier alpha value is -0.900. The number of nitrogens with one attached hydrogen (secondary N) is 1. The van der Waals surface area contributed by atoms with Gasteiger partial charge in [0.15, 0.2) is 0 Å². The van der Waals surface area contributed by atoms with E-state index in [-0.39, 0.29) is 0 Å². The molecule has 4 nitrogen and oxygen atoms in total. The molecule has 0 radical (unpaired) electrons. The molecule has 15 heavy (non-hydrogen) atoms. The lowest BCUT2D eigenvalue weighted by Gasteiger charge is -2.15. The van der Waals surface area contributed by atoms with Crippen LogP contribution in [0.25, 0.3) is 0 Å². The van der Waals surface area contributed by atoms with E-state index in [1.54, 1.807) is 6.20 Å². The van der Waals surface area contributed by atoms with Crippen molar-refractivity contribution >= 4 is 0 Å². The minimum absolute atomic E-state index is 0.751. The second-order valence-electron chi connectivity index (χ2n) is 4.33. The molecule has 1 fully saturated rings. The standard InChI is InChI=1S/C11H20N4/c1-2-11(10-4-5-10)12-6-3-8-15-9-7-13-14-15/h7,9-12H,2-6,8H2,1H3. The predicted molar refractivity (Wildman–Crippen MR) is 59.4 cm³/mol. The lowest BCUT2D eigenvalue weighted by molar-refractivity contribution is 0.430. The summed E-state index contributed by atoms with van der Waals surface area (Å²) < 4.78 is 1.89. The molecule has 2 rings (SSSR count). The average Bonchev–Trinajstić information content (AvgIpc) is 2.95. The molecule has 0 saturated heterocycles. The van der Waals surface area contributed by atoms with Crippen molar-refractivity contribution in [3.8, 4) is 0 Å². The molecular formula is C11H20N4. The smallest absolute Gasteiger partial charge is 0.0692 e. The number of hydrogen-bond acceptors (Lipinski definition) is 3. The van der Waals surface area contributed by atoms with Crippen molar-refractivity contribution in [2.24, 2.45) is 5.92 Å². The van der Waals surface area contributed by atoms with E-state index >= 15 is 0 Å². The van der Waals surface area contributed by atoms with Gasteiger partial charge in [0.2, 0.25) is 0 Å². The average molecular weight is 208 g/mol. The van der Waals surface area contributed by atoms with Crippen LogP contribution in [0.2, 0.25) is 0 Å². The van der Waals surface area contributed by atoms with Gasteiger partial charge in [0, 0.05) is 18.8 Å². The van der Waals surface area contributed by atoms with Gasteiger partial charge in [-0.3, -0.25) is 4.68 Å². The summed E-state index contributed by atoms with van der Waals surface area (Å²) in [6, 6.07) is 0.751. The van der Waals surface area contributed by atoms with Crippen molar-refractivity contribution in [1.82, 2.24) is 20.3 Å². The van der Waals surface area contributed by atoms with E-state index in [1.165, 1.54) is 19.3 Å². The monoisotopic (exact) mass is 208 g/mol. The summed E-state index contributed by atoms with van der Waals surface area (Å²) in [6.45, 7) is 4.33. The van der Waals surface area contributed by atoms with Gasteiger partial charge in [0.1, 0.15) is 0 Å². The van der Waals surface area contributed by atoms with Gasteiger partial charge in [-0.2, -0.15) is 0 Å². The molecule has 1 aromatic heterocycles. The van der Waals surface area contributed by atoms with Gasteiger partial charge in [-0.1, -0.05) is 12.1 Å². The third-order valence-corrected chi connectivity index (χ3v) is 3.07. The summed E-state index contributed by atoms with van der Waals surface area (Å²) in [5, 5.41) is 11.4. The Morgan fingerprint density at radius 1 is 1.53 bits per heavy atom. The second-order valence-corrected chi connectivity index (χ2v) is 4.33. The molecule has 1 aliphatic rings. The van der Waals surface area contributed by atoms with Crippen LogP contribution in [-0.2, 0) is 6.54 Å². The number of aromatic nitrogens is 3. The molecule has 4 heteroatoms. The van der Waals surface area contributed by atoms with Gasteiger partial charge < -0.3 is 5.32 Å². The molecule has 0 bridgehead atoms. The maximum Gasteiger partial charge on any atom is 0.0692 e. The van der Waals surface area contributed by atoms with Crippen molar-refractivity contribution in [3.63, 3.8) is 0 Å². The Kier molecular flexibility index (Phi) is 3.72. The first-order chi connectivity index (χ1) is 7.40. The largest absolute Gasteiger partial charge is 0.314 e. The molecular weight excluding hydrogens is 188 g/mol. The molecule has 0 aromatic carbocycles. The highest BCUT2D eigenvalue weighted by Crippen LogP contribution is 2.33. The highest BCUT2D eigenvalue weighted by molar-refractivity contribution is 4.85. The number of hydrogen-bond donors (Lipinski definition) is 1. The molecule has 0 spiro atoms. The Balaban J connectivity index is 1.58. The number of nitrogens with zero attached hydrogens (tertiary/aromatic N) is 3. The first-order valence-corrected chi connectivity index (χ1v) is 5.97. The lowest BCUT2D eigenvalue weighted by Crippen LogP contribution is -2.31. The minimum atomic E-state index is 0.751. The summed E-state index contributed by atoms with van der Waals surface area (Å²) in [5.41, 5.74) is 0. The van der Waals surface area contributed by atoms with Crippen molar-refractivity contribution in [2.75, 3.05) is 6.54 Å². The zero-order valence-corrected chi connectivity index (χ0v) is 9.39. The van der Waals surface area contributed by atoms with E-state index in [1.807, 2.05) is 10.9 Å². The van der Waals surface area contributed by atoms with Gasteiger partial charge in [-0.05, 0) is 38.1 Å². The Morgan fingerprint density at radius 3 is 3.00 bits per heavy atom. The summed E-state index contributed by atoms with van der Waals surface area (Å²) >= 11 is 0. The van der Waals surface area contributed by atoms with Gasteiger partial charge in [-0.25, -0.2) is 0 Å². The van der Waals surface area contributed by atoms with Gasteiger partial charge in [0.25, 0.3) is 0 Å². The van der Waals surface area contributed by atoms with Crippen molar-refractivity contribution in [2.45, 2.75) is 45.2 Å². The maximum atomic E-state index is 3.94. The second kappa shape index (κ2) is 5.26. The topological polar surface area (TPSA) is 42.7 Å². The van der Waals surface area contributed by atoms with E-state index in [0.717, 1.165) is 31.5 Å². The first kappa shape index (κ1) is 10.6. The number of aryl methyl sites for hydroxylation is 1. The number of rotatable bonds is 7. The van der Waals surface area contributed by atoms with Crippen LogP contribution in [0.5, 0.6) is 0 Å². The molecule has 1 aliphatic carbocycles. The Bertz CT molecular complexity index is 266. The molecule has 1 saturated carbocycles. The molecule has 1 aromatic rings. The van der Waals surface area contributed by atoms with E-state index in [0.29, 0.717) is 0 Å². The maximum absolute atomic E-state index is 3.94. The highest BCUT2D eigenvalue weighted by Gasteiger charge is 2.29. The van der Waals surface area contributed by atoms with E-state index < -0.39 is 0 Å². The van der Waals surface area contributed by atoms with Crippen LogP contribution < -0.4 is 5.32 Å². The minimum Gasteiger partial charge on any atom is -0.314 e. The summed E-state index contributed by atoms with van der Waals surface area (Å²) in [6.07, 6.45) is 8.88. The van der Waals surface area contributed by atoms with Crippen LogP contribution in [0.3, 0.4) is 0 Å². The Labute approximate surface area is 91.1 Å². The summed E-state index contributed by atoms with van der Waals surface area (Å²) in [4.78, 5) is 0. The SMILES string of the molecule is CCC(NCCCn1ccnn1)C1CC1. The molecule has 1 unspecified atom stereocenters. The fraction of sp³-hybridized carbons (Fsp3) is 0.818. The van der Waals surface area contributed by atoms with E-state index in [4.69, 9.17) is 0 Å². The molecule has 1 atom stereocenters. The zero-order chi connectivity index (χ0) is 10.5. The first-order valence-electron chi connectivity index (χ1n) is 5.97. The molecule has 1 N–H and O–H groups in total. The van der Waals surface area contributed by atoms with Crippen molar-refractivity contribution in [3.05, 3.63) is 12.4 Å². The van der Waals surface area contributed by atoms with E-state index in [2.05, 4.69) is 22.6 Å². The van der Waals surface area contributed by atoms with Gasteiger partial charge in [0.05, 0.1) is 6.20 Å². The van der Waals surface area contributed by atoms with Crippen molar-refractivity contribution < 1.29 is 0 Å². The van der Waals surface area contributed by atoms with Gasteiger partial charge in [-0.15, -0.1) is 5.10 Å². The molecule has 84 valence electrons. The van der Waals surface area contributed by atoms with Crippen LogP contribution >= 0.6 is 0 Å². The summed E-state index contributed by atoms with van der Waals surface area (Å²) in [5.74, 6) is 0.960. The van der Waals surface area contributed by atoms with Crippen LogP contribution in [0.4, 0.5) is 0 Å². The van der Waals surface area contributed by atoms with Crippen LogP contribution in [0.1, 0.15) is 32.6 Å². The Morgan fingerprint density at radius 2 is 2.40 bits per heavy atom. The fourth-order valence-electron chi connectivity index (χ4n) is 2.02. The molecule has 0 amide bonds. The van der Waals surface area contributed by atoms with Crippen LogP contribution in [-0.4, -0.2) is 27.6 Å². The highest BCUT2D eigenvalue weighted by atomic mass is 15.4. The zero-order valence-electron chi connectivity index (χ0n) is 9.39.